The van der Waals surface area contributed by atoms with E-state index in [0.29, 0.717) is 16.7 Å². The Hall–Kier alpha value is -2.73. The second kappa shape index (κ2) is 6.36. The summed E-state index contributed by atoms with van der Waals surface area (Å²) in [6, 6.07) is 13.1. The van der Waals surface area contributed by atoms with Gasteiger partial charge in [0.15, 0.2) is 0 Å². The van der Waals surface area contributed by atoms with E-state index in [9.17, 15) is 4.79 Å². The van der Waals surface area contributed by atoms with Crippen molar-refractivity contribution in [1.29, 1.82) is 0 Å². The van der Waals surface area contributed by atoms with Crippen molar-refractivity contribution in [3.63, 3.8) is 0 Å². The zero-order chi connectivity index (χ0) is 15.4. The van der Waals surface area contributed by atoms with Crippen molar-refractivity contribution in [2.24, 2.45) is 0 Å². The highest BCUT2D eigenvalue weighted by Crippen LogP contribution is 2.13. The van der Waals surface area contributed by atoms with Crippen LogP contribution in [0.5, 0.6) is 0 Å². The fourth-order valence-corrected chi connectivity index (χ4v) is 2.40. The van der Waals surface area contributed by atoms with Gasteiger partial charge in [0.25, 0.3) is 5.91 Å². The molecule has 6 heteroatoms. The lowest BCUT2D eigenvalue weighted by Crippen LogP contribution is -2.24. The summed E-state index contributed by atoms with van der Waals surface area (Å²) in [4.78, 5) is 15.1. The number of pyridine rings is 1. The van der Waals surface area contributed by atoms with Crippen molar-refractivity contribution in [3.8, 4) is 5.69 Å². The van der Waals surface area contributed by atoms with Crippen LogP contribution >= 0.6 is 12.2 Å². The fraction of sp³-hybridized carbons (Fsp3) is 0.0625. The summed E-state index contributed by atoms with van der Waals surface area (Å²) in [7, 11) is 0. The third-order valence-corrected chi connectivity index (χ3v) is 3.58. The summed E-state index contributed by atoms with van der Waals surface area (Å²) in [5.41, 5.74) is 2.38. The number of hydrogen-bond acceptors (Lipinski definition) is 3. The average Bonchev–Trinajstić information content (AvgIpc) is 3.07. The van der Waals surface area contributed by atoms with Crippen molar-refractivity contribution < 1.29 is 4.79 Å². The largest absolute Gasteiger partial charge is 0.352 e. The Balaban J connectivity index is 1.79. The minimum absolute atomic E-state index is 0.197. The minimum atomic E-state index is -0.197. The van der Waals surface area contributed by atoms with E-state index < -0.39 is 0 Å². The lowest BCUT2D eigenvalue weighted by atomic mass is 10.1. The molecule has 2 heterocycles. The van der Waals surface area contributed by atoms with Gasteiger partial charge in [0.2, 0.25) is 0 Å². The number of carbonyl (C=O) groups is 1. The van der Waals surface area contributed by atoms with Crippen LogP contribution in [0.4, 0.5) is 0 Å². The number of hydrogen-bond donors (Lipinski definition) is 2. The van der Waals surface area contributed by atoms with E-state index in [-0.39, 0.29) is 5.91 Å². The van der Waals surface area contributed by atoms with E-state index in [1.165, 1.54) is 0 Å². The Labute approximate surface area is 132 Å². The molecule has 0 fully saturated rings. The van der Waals surface area contributed by atoms with Gasteiger partial charge in [0.1, 0.15) is 4.64 Å². The zero-order valence-corrected chi connectivity index (χ0v) is 12.5. The van der Waals surface area contributed by atoms with Crippen LogP contribution in [0, 0.1) is 4.64 Å². The van der Waals surface area contributed by atoms with Crippen molar-refractivity contribution in [1.82, 2.24) is 20.1 Å². The van der Waals surface area contributed by atoms with E-state index >= 15 is 0 Å². The fourth-order valence-electron chi connectivity index (χ4n) is 2.17. The van der Waals surface area contributed by atoms with Gasteiger partial charge in [-0.1, -0.05) is 30.4 Å². The molecule has 0 saturated carbocycles. The third kappa shape index (κ3) is 2.96. The zero-order valence-electron chi connectivity index (χ0n) is 11.7. The Morgan fingerprint density at radius 2 is 2.09 bits per heavy atom. The van der Waals surface area contributed by atoms with Crippen molar-refractivity contribution in [3.05, 3.63) is 76.8 Å². The molecule has 2 N–H and O–H groups in total. The molecule has 110 valence electrons. The predicted octanol–water partition coefficient (Wildman–Crippen LogP) is 2.86. The number of aromatic amines is 1. The molecule has 3 aromatic rings. The quantitative estimate of drug-likeness (QED) is 0.728. The third-order valence-electron chi connectivity index (χ3n) is 3.25. The lowest BCUT2D eigenvalue weighted by molar-refractivity contribution is 0.0950. The van der Waals surface area contributed by atoms with Crippen molar-refractivity contribution >= 4 is 18.1 Å². The number of H-pyrrole nitrogens is 1. The highest BCUT2D eigenvalue weighted by molar-refractivity contribution is 7.71. The van der Waals surface area contributed by atoms with E-state index in [0.717, 1.165) is 11.3 Å². The average molecular weight is 310 g/mol. The molecular formula is C16H14N4OS. The smallest absolute Gasteiger partial charge is 0.254 e. The lowest BCUT2D eigenvalue weighted by Gasteiger charge is -2.10. The second-order valence-electron chi connectivity index (χ2n) is 4.67. The Morgan fingerprint density at radius 3 is 2.86 bits per heavy atom. The van der Waals surface area contributed by atoms with Gasteiger partial charge in [-0.3, -0.25) is 4.79 Å². The summed E-state index contributed by atoms with van der Waals surface area (Å²) in [6.07, 6.45) is 5.29. The summed E-state index contributed by atoms with van der Waals surface area (Å²) >= 11 is 5.12. The van der Waals surface area contributed by atoms with Gasteiger partial charge in [-0.2, -0.15) is 5.10 Å². The van der Waals surface area contributed by atoms with Gasteiger partial charge in [-0.25, -0.2) is 4.68 Å². The molecule has 1 amide bonds. The van der Waals surface area contributed by atoms with E-state index in [2.05, 4.69) is 15.4 Å². The molecular weight excluding hydrogens is 296 g/mol. The maximum atomic E-state index is 12.2. The first-order valence-corrected chi connectivity index (χ1v) is 7.20. The van der Waals surface area contributed by atoms with Crippen LogP contribution in [0.1, 0.15) is 15.9 Å². The second-order valence-corrected chi connectivity index (χ2v) is 5.08. The SMILES string of the molecule is O=C(NCc1ccccc1-n1cccn1)c1ccc[nH]c1=S. The van der Waals surface area contributed by atoms with E-state index in [4.69, 9.17) is 12.2 Å². The summed E-state index contributed by atoms with van der Waals surface area (Å²) in [5.74, 6) is -0.197. The number of amides is 1. The molecule has 1 aromatic carbocycles. The van der Waals surface area contributed by atoms with Gasteiger partial charge in [0.05, 0.1) is 11.3 Å². The molecule has 0 aliphatic heterocycles. The van der Waals surface area contributed by atoms with Crippen LogP contribution in [0.2, 0.25) is 0 Å². The van der Waals surface area contributed by atoms with Crippen LogP contribution < -0.4 is 5.32 Å². The summed E-state index contributed by atoms with van der Waals surface area (Å²) in [5, 5.41) is 7.12. The normalized spacial score (nSPS) is 10.4. The van der Waals surface area contributed by atoms with Gasteiger partial charge >= 0.3 is 0 Å². The monoisotopic (exact) mass is 310 g/mol. The number of rotatable bonds is 4. The van der Waals surface area contributed by atoms with Crippen LogP contribution in [0.25, 0.3) is 5.69 Å². The molecule has 0 bridgehead atoms. The predicted molar refractivity (Wildman–Crippen MR) is 86.4 cm³/mol. The van der Waals surface area contributed by atoms with Crippen molar-refractivity contribution in [2.75, 3.05) is 0 Å². The van der Waals surface area contributed by atoms with Gasteiger partial charge in [-0.15, -0.1) is 0 Å². The highest BCUT2D eigenvalue weighted by atomic mass is 32.1. The van der Waals surface area contributed by atoms with Crippen molar-refractivity contribution in [2.45, 2.75) is 6.54 Å². The number of nitrogens with zero attached hydrogens (tertiary/aromatic N) is 2. The highest BCUT2D eigenvalue weighted by Gasteiger charge is 2.09. The van der Waals surface area contributed by atoms with E-state index in [1.54, 1.807) is 29.2 Å². The first kappa shape index (κ1) is 14.2. The molecule has 0 spiro atoms. The molecule has 3 rings (SSSR count). The van der Waals surface area contributed by atoms with Crippen LogP contribution in [0.15, 0.2) is 61.1 Å². The molecule has 0 atom stereocenters. The number of benzene rings is 1. The summed E-state index contributed by atoms with van der Waals surface area (Å²) < 4.78 is 2.20. The topological polar surface area (TPSA) is 62.7 Å². The summed E-state index contributed by atoms with van der Waals surface area (Å²) in [6.45, 7) is 0.401. The minimum Gasteiger partial charge on any atom is -0.352 e. The number of nitrogens with one attached hydrogen (secondary N) is 2. The standard InChI is InChI=1S/C16H14N4OS/c21-15(13-6-3-8-17-16(13)22)18-11-12-5-1-2-7-14(12)20-10-4-9-19-20/h1-10H,11H2,(H,17,22)(H,18,21). The molecule has 2 aromatic heterocycles. The van der Waals surface area contributed by atoms with Crippen LogP contribution in [0.3, 0.4) is 0 Å². The number of aromatic nitrogens is 3. The van der Waals surface area contributed by atoms with E-state index in [1.807, 2.05) is 36.5 Å². The number of carbonyl (C=O) groups excluding carboxylic acids is 1. The molecule has 0 unspecified atom stereocenters. The molecule has 0 aliphatic carbocycles. The molecule has 22 heavy (non-hydrogen) atoms. The first-order chi connectivity index (χ1) is 10.8. The van der Waals surface area contributed by atoms with Gasteiger partial charge in [0, 0.05) is 25.1 Å². The maximum absolute atomic E-state index is 12.2. The maximum Gasteiger partial charge on any atom is 0.254 e. The Kier molecular flexibility index (Phi) is 4.11. The molecule has 0 aliphatic rings. The first-order valence-electron chi connectivity index (χ1n) is 6.79. The molecule has 0 radical (unpaired) electrons. The Morgan fingerprint density at radius 1 is 1.23 bits per heavy atom. The molecule has 0 saturated heterocycles. The molecule has 5 nitrogen and oxygen atoms in total. The van der Waals surface area contributed by atoms with Crippen LogP contribution in [-0.4, -0.2) is 20.7 Å². The van der Waals surface area contributed by atoms with Gasteiger partial charge < -0.3 is 10.3 Å². The van der Waals surface area contributed by atoms with Crippen LogP contribution in [-0.2, 0) is 6.54 Å². The number of para-hydroxylation sites is 1. The Bertz CT molecular complexity index is 839. The van der Waals surface area contributed by atoms with Gasteiger partial charge in [-0.05, 0) is 29.8 Å².